The largest absolute Gasteiger partial charge is 0.363 e. The number of carbonyl (C=O) groups is 1. The van der Waals surface area contributed by atoms with Gasteiger partial charge in [0.25, 0.3) is 0 Å². The summed E-state index contributed by atoms with van der Waals surface area (Å²) in [6.07, 6.45) is 2.26. The lowest BCUT2D eigenvalue weighted by Crippen LogP contribution is -2.45. The van der Waals surface area contributed by atoms with Crippen LogP contribution in [-0.2, 0) is 16.0 Å². The van der Waals surface area contributed by atoms with Crippen molar-refractivity contribution in [2.24, 2.45) is 0 Å². The van der Waals surface area contributed by atoms with Gasteiger partial charge in [-0.3, -0.25) is 4.79 Å². The number of aryl methyl sites for hydroxylation is 2. The van der Waals surface area contributed by atoms with Gasteiger partial charge in [-0.05, 0) is 13.8 Å². The van der Waals surface area contributed by atoms with Gasteiger partial charge in [0.05, 0.1) is 18.7 Å². The Morgan fingerprint density at radius 1 is 1.40 bits per heavy atom. The number of nitrogens with zero attached hydrogens (tertiary/aromatic N) is 2. The van der Waals surface area contributed by atoms with E-state index in [1.165, 1.54) is 0 Å². The van der Waals surface area contributed by atoms with Crippen molar-refractivity contribution in [1.29, 1.82) is 0 Å². The van der Waals surface area contributed by atoms with Gasteiger partial charge in [-0.25, -0.2) is 0 Å². The maximum absolute atomic E-state index is 12.4. The van der Waals surface area contributed by atoms with Crippen LogP contribution >= 0.6 is 11.8 Å². The predicted octanol–water partition coefficient (Wildman–Crippen LogP) is 1.92. The van der Waals surface area contributed by atoms with Crippen LogP contribution in [0.3, 0.4) is 0 Å². The average Bonchev–Trinajstić information content (AvgIpc) is 3.02. The molecule has 0 atom stereocenters. The molecule has 110 valence electrons. The molecule has 0 bridgehead atoms. The zero-order valence-electron chi connectivity index (χ0n) is 12.0. The molecule has 3 rings (SSSR count). The van der Waals surface area contributed by atoms with E-state index in [9.17, 15) is 4.79 Å². The van der Waals surface area contributed by atoms with E-state index in [2.05, 4.69) is 5.16 Å². The van der Waals surface area contributed by atoms with Crippen molar-refractivity contribution in [1.82, 2.24) is 10.1 Å². The highest BCUT2D eigenvalue weighted by Gasteiger charge is 2.40. The zero-order valence-corrected chi connectivity index (χ0v) is 12.8. The summed E-state index contributed by atoms with van der Waals surface area (Å²) in [7, 11) is 0. The quantitative estimate of drug-likeness (QED) is 0.834. The summed E-state index contributed by atoms with van der Waals surface area (Å²) < 4.78 is 11.0. The summed E-state index contributed by atoms with van der Waals surface area (Å²) in [5.74, 6) is 1.99. The lowest BCUT2D eigenvalue weighted by molar-refractivity contribution is -0.133. The van der Waals surface area contributed by atoms with E-state index < -0.39 is 0 Å². The third-order valence-corrected chi connectivity index (χ3v) is 5.62. The Kier molecular flexibility index (Phi) is 3.77. The van der Waals surface area contributed by atoms with Gasteiger partial charge in [-0.1, -0.05) is 5.16 Å². The third kappa shape index (κ3) is 2.59. The Morgan fingerprint density at radius 3 is 2.70 bits per heavy atom. The molecular formula is C14H20N2O3S. The molecule has 20 heavy (non-hydrogen) atoms. The van der Waals surface area contributed by atoms with Crippen molar-refractivity contribution in [3.05, 3.63) is 17.0 Å². The molecule has 1 aromatic rings. The fraction of sp³-hybridized carbons (Fsp3) is 0.714. The summed E-state index contributed by atoms with van der Waals surface area (Å²) >= 11 is 1.90. The number of piperidine rings is 1. The van der Waals surface area contributed by atoms with Gasteiger partial charge in [-0.2, -0.15) is 0 Å². The molecule has 0 radical (unpaired) electrons. The summed E-state index contributed by atoms with van der Waals surface area (Å²) in [4.78, 5) is 14.3. The Hall–Kier alpha value is -1.01. The van der Waals surface area contributed by atoms with E-state index in [0.29, 0.717) is 6.42 Å². The molecule has 2 fully saturated rings. The average molecular weight is 296 g/mol. The molecule has 2 saturated heterocycles. The minimum Gasteiger partial charge on any atom is -0.363 e. The Balaban J connectivity index is 1.59. The Bertz CT molecular complexity index is 479. The lowest BCUT2D eigenvalue weighted by Gasteiger charge is -2.37. The minimum absolute atomic E-state index is 0.0141. The van der Waals surface area contributed by atoms with Crippen LogP contribution in [0.15, 0.2) is 4.52 Å². The number of carbonyl (C=O) groups excluding carboxylic acids is 1. The molecule has 0 aliphatic carbocycles. The number of thioether (sulfide) groups is 1. The molecule has 1 aromatic heterocycles. The van der Waals surface area contributed by atoms with Gasteiger partial charge in [0, 0.05) is 37.2 Å². The van der Waals surface area contributed by atoms with Crippen LogP contribution in [0.2, 0.25) is 0 Å². The van der Waals surface area contributed by atoms with Crippen molar-refractivity contribution in [3.63, 3.8) is 0 Å². The van der Waals surface area contributed by atoms with Crippen LogP contribution in [0.1, 0.15) is 29.9 Å². The lowest BCUT2D eigenvalue weighted by atomic mass is 10.0. The van der Waals surface area contributed by atoms with E-state index in [1.54, 1.807) is 0 Å². The number of amides is 1. The summed E-state index contributed by atoms with van der Waals surface area (Å²) in [6.45, 7) is 6.16. The highest BCUT2D eigenvalue weighted by Crippen LogP contribution is 2.41. The first-order chi connectivity index (χ1) is 9.60. The zero-order chi connectivity index (χ0) is 14.2. The molecule has 0 saturated carbocycles. The molecule has 0 unspecified atom stereocenters. The first kappa shape index (κ1) is 13.9. The van der Waals surface area contributed by atoms with E-state index in [1.807, 2.05) is 30.5 Å². The van der Waals surface area contributed by atoms with E-state index >= 15 is 0 Å². The monoisotopic (exact) mass is 296 g/mol. The van der Waals surface area contributed by atoms with Gasteiger partial charge in [0.1, 0.15) is 10.7 Å². The van der Waals surface area contributed by atoms with Crippen LogP contribution in [0.25, 0.3) is 0 Å². The van der Waals surface area contributed by atoms with Crippen molar-refractivity contribution < 1.29 is 14.1 Å². The van der Waals surface area contributed by atoms with Crippen LogP contribution < -0.4 is 0 Å². The minimum atomic E-state index is -0.0141. The third-order valence-electron chi connectivity index (χ3n) is 4.20. The van der Waals surface area contributed by atoms with Crippen molar-refractivity contribution >= 4 is 17.7 Å². The van der Waals surface area contributed by atoms with Gasteiger partial charge < -0.3 is 14.2 Å². The van der Waals surface area contributed by atoms with Crippen LogP contribution in [0, 0.1) is 13.8 Å². The first-order valence-corrected chi connectivity index (χ1v) is 8.06. The summed E-state index contributed by atoms with van der Waals surface area (Å²) in [6, 6.07) is 0. The number of likely N-dealkylation sites (tertiary alicyclic amines) is 1. The smallest absolute Gasteiger partial charge is 0.227 e. The number of hydrogen-bond donors (Lipinski definition) is 0. The van der Waals surface area contributed by atoms with E-state index in [0.717, 1.165) is 55.3 Å². The summed E-state index contributed by atoms with van der Waals surface area (Å²) in [5, 5.41) is 3.90. The number of hydrogen-bond acceptors (Lipinski definition) is 5. The molecule has 0 N–H and O–H groups in total. The molecule has 1 spiro atoms. The van der Waals surface area contributed by atoms with Crippen molar-refractivity contribution in [2.45, 2.75) is 38.0 Å². The van der Waals surface area contributed by atoms with Crippen molar-refractivity contribution in [3.8, 4) is 0 Å². The summed E-state index contributed by atoms with van der Waals surface area (Å²) in [5.41, 5.74) is 1.75. The standard InChI is InChI=1S/C14H20N2O3S/c1-10-12(11(2)19-15-10)9-13(17)16-5-3-14(4-6-16)18-7-8-20-14/h3-9H2,1-2H3. The fourth-order valence-corrected chi connectivity index (χ4v) is 4.08. The molecule has 5 nitrogen and oxygen atoms in total. The van der Waals surface area contributed by atoms with Crippen molar-refractivity contribution in [2.75, 3.05) is 25.4 Å². The molecule has 0 aromatic carbocycles. The Morgan fingerprint density at radius 2 is 2.15 bits per heavy atom. The molecule has 6 heteroatoms. The van der Waals surface area contributed by atoms with Gasteiger partial charge in [-0.15, -0.1) is 11.8 Å². The van der Waals surface area contributed by atoms with Gasteiger partial charge in [0.2, 0.25) is 5.91 Å². The molecule has 1 amide bonds. The second kappa shape index (κ2) is 5.41. The number of rotatable bonds is 2. The Labute approximate surface area is 123 Å². The van der Waals surface area contributed by atoms with Gasteiger partial charge >= 0.3 is 0 Å². The predicted molar refractivity (Wildman–Crippen MR) is 76.6 cm³/mol. The second-order valence-corrected chi connectivity index (χ2v) is 6.91. The maximum atomic E-state index is 12.4. The molecule has 2 aliphatic heterocycles. The molecular weight excluding hydrogens is 276 g/mol. The molecule has 3 heterocycles. The van der Waals surface area contributed by atoms with Crippen LogP contribution in [0.4, 0.5) is 0 Å². The van der Waals surface area contributed by atoms with Gasteiger partial charge in [0.15, 0.2) is 0 Å². The second-order valence-electron chi connectivity index (χ2n) is 5.47. The molecule has 2 aliphatic rings. The fourth-order valence-electron chi connectivity index (χ4n) is 2.90. The normalized spacial score (nSPS) is 21.6. The SMILES string of the molecule is Cc1noc(C)c1CC(=O)N1CCC2(CC1)OCCS2. The van der Waals surface area contributed by atoms with Crippen LogP contribution in [-0.4, -0.2) is 46.3 Å². The number of ether oxygens (including phenoxy) is 1. The van der Waals surface area contributed by atoms with E-state index in [4.69, 9.17) is 9.26 Å². The highest BCUT2D eigenvalue weighted by molar-refractivity contribution is 8.00. The highest BCUT2D eigenvalue weighted by atomic mass is 32.2. The maximum Gasteiger partial charge on any atom is 0.227 e. The number of aromatic nitrogens is 1. The van der Waals surface area contributed by atoms with E-state index in [-0.39, 0.29) is 10.8 Å². The first-order valence-electron chi connectivity index (χ1n) is 7.07. The van der Waals surface area contributed by atoms with Crippen LogP contribution in [0.5, 0.6) is 0 Å². The topological polar surface area (TPSA) is 55.6 Å².